The lowest BCUT2D eigenvalue weighted by atomic mass is 10.1. The summed E-state index contributed by atoms with van der Waals surface area (Å²) in [7, 11) is 0. The molecule has 0 saturated carbocycles. The molecule has 0 aliphatic rings. The van der Waals surface area contributed by atoms with Crippen molar-refractivity contribution in [2.45, 2.75) is 31.9 Å². The van der Waals surface area contributed by atoms with E-state index in [1.54, 1.807) is 17.7 Å². The Balaban J connectivity index is 1.47. The molecular formula is C24H23N3O2S2. The van der Waals surface area contributed by atoms with Crippen LogP contribution in [0, 0.1) is 6.92 Å². The number of aryl methyl sites for hydroxylation is 1. The first-order chi connectivity index (χ1) is 15.0. The highest BCUT2D eigenvalue weighted by Gasteiger charge is 2.15. The molecule has 7 heteroatoms. The van der Waals surface area contributed by atoms with E-state index in [-0.39, 0.29) is 17.8 Å². The average molecular weight is 450 g/mol. The number of ether oxygens (including phenoxy) is 1. The van der Waals surface area contributed by atoms with Gasteiger partial charge in [-0.15, -0.1) is 11.3 Å². The van der Waals surface area contributed by atoms with Gasteiger partial charge in [0.2, 0.25) is 5.91 Å². The van der Waals surface area contributed by atoms with Gasteiger partial charge in [0, 0.05) is 16.6 Å². The number of hydrogen-bond acceptors (Lipinski definition) is 6. The molecular weight excluding hydrogens is 426 g/mol. The van der Waals surface area contributed by atoms with Gasteiger partial charge in [-0.3, -0.25) is 4.79 Å². The Labute approximate surface area is 189 Å². The smallest absolute Gasteiger partial charge is 0.234 e. The number of carbonyl (C=O) groups is 1. The number of anilines is 1. The topological polar surface area (TPSA) is 64.1 Å². The Morgan fingerprint density at radius 2 is 1.84 bits per heavy atom. The first kappa shape index (κ1) is 21.3. The van der Waals surface area contributed by atoms with Gasteiger partial charge in [-0.1, -0.05) is 41.6 Å². The summed E-state index contributed by atoms with van der Waals surface area (Å²) in [6.45, 7) is 6.03. The second-order valence-electron chi connectivity index (χ2n) is 7.40. The third-order valence-electron chi connectivity index (χ3n) is 4.55. The normalized spacial score (nSPS) is 11.1. The number of aromatic nitrogens is 2. The zero-order valence-corrected chi connectivity index (χ0v) is 19.2. The van der Waals surface area contributed by atoms with Crippen LogP contribution in [0.5, 0.6) is 5.75 Å². The standard InChI is InChI=1S/C24H23N3O2S2/c1-15(2)29-19-10-8-18(9-11-19)27-21(28)13-31-24-22-20(12-30-23(22)25-14-26-24)17-6-4-16(3)5-7-17/h4-12,14-15H,13H2,1-3H3,(H,27,28). The molecule has 0 bridgehead atoms. The summed E-state index contributed by atoms with van der Waals surface area (Å²) in [4.78, 5) is 22.3. The molecule has 5 nitrogen and oxygen atoms in total. The van der Waals surface area contributed by atoms with Crippen molar-refractivity contribution < 1.29 is 9.53 Å². The third-order valence-corrected chi connectivity index (χ3v) is 6.42. The average Bonchev–Trinajstić information content (AvgIpc) is 3.19. The number of nitrogens with zero attached hydrogens (tertiary/aromatic N) is 2. The van der Waals surface area contributed by atoms with E-state index >= 15 is 0 Å². The van der Waals surface area contributed by atoms with Crippen molar-refractivity contribution in [2.24, 2.45) is 0 Å². The van der Waals surface area contributed by atoms with Gasteiger partial charge in [0.25, 0.3) is 0 Å². The quantitative estimate of drug-likeness (QED) is 0.269. The van der Waals surface area contributed by atoms with Gasteiger partial charge in [0.05, 0.1) is 17.2 Å². The van der Waals surface area contributed by atoms with E-state index < -0.39 is 0 Å². The molecule has 2 heterocycles. The van der Waals surface area contributed by atoms with E-state index in [2.05, 4.69) is 51.9 Å². The van der Waals surface area contributed by atoms with E-state index in [9.17, 15) is 4.79 Å². The molecule has 31 heavy (non-hydrogen) atoms. The van der Waals surface area contributed by atoms with Crippen LogP contribution in [-0.2, 0) is 4.79 Å². The summed E-state index contributed by atoms with van der Waals surface area (Å²) in [5, 5.41) is 6.86. The third kappa shape index (κ3) is 5.24. The molecule has 0 fully saturated rings. The molecule has 1 N–H and O–H groups in total. The van der Waals surface area contributed by atoms with E-state index in [1.807, 2.05) is 38.1 Å². The van der Waals surface area contributed by atoms with Gasteiger partial charge < -0.3 is 10.1 Å². The Morgan fingerprint density at radius 3 is 2.55 bits per heavy atom. The van der Waals surface area contributed by atoms with Crippen LogP contribution >= 0.6 is 23.1 Å². The largest absolute Gasteiger partial charge is 0.491 e. The molecule has 2 aromatic heterocycles. The van der Waals surface area contributed by atoms with Crippen LogP contribution in [0.3, 0.4) is 0 Å². The van der Waals surface area contributed by atoms with E-state index in [0.717, 1.165) is 37.8 Å². The number of amides is 1. The van der Waals surface area contributed by atoms with Crippen molar-refractivity contribution in [3.05, 3.63) is 65.8 Å². The summed E-state index contributed by atoms with van der Waals surface area (Å²) in [6, 6.07) is 15.8. The minimum Gasteiger partial charge on any atom is -0.491 e. The number of benzene rings is 2. The summed E-state index contributed by atoms with van der Waals surface area (Å²) < 4.78 is 5.64. The molecule has 1 amide bonds. The van der Waals surface area contributed by atoms with Crippen LogP contribution in [-0.4, -0.2) is 27.7 Å². The van der Waals surface area contributed by atoms with Crippen LogP contribution in [0.2, 0.25) is 0 Å². The Kier molecular flexibility index (Phi) is 6.53. The Bertz CT molecular complexity index is 1190. The van der Waals surface area contributed by atoms with Gasteiger partial charge in [0.15, 0.2) is 0 Å². The summed E-state index contributed by atoms with van der Waals surface area (Å²) >= 11 is 3.02. The highest BCUT2D eigenvalue weighted by molar-refractivity contribution is 8.00. The lowest BCUT2D eigenvalue weighted by molar-refractivity contribution is -0.113. The van der Waals surface area contributed by atoms with Crippen molar-refractivity contribution >= 4 is 44.9 Å². The predicted octanol–water partition coefficient (Wildman–Crippen LogP) is 6.18. The van der Waals surface area contributed by atoms with Crippen molar-refractivity contribution in [1.82, 2.24) is 9.97 Å². The Hall–Kier alpha value is -2.90. The number of nitrogens with one attached hydrogen (secondary N) is 1. The van der Waals surface area contributed by atoms with Gasteiger partial charge in [-0.25, -0.2) is 9.97 Å². The Morgan fingerprint density at radius 1 is 1.10 bits per heavy atom. The van der Waals surface area contributed by atoms with Crippen LogP contribution < -0.4 is 10.1 Å². The van der Waals surface area contributed by atoms with Gasteiger partial charge in [-0.05, 0) is 50.6 Å². The first-order valence-corrected chi connectivity index (χ1v) is 11.8. The van der Waals surface area contributed by atoms with Crippen LogP contribution in [0.4, 0.5) is 5.69 Å². The molecule has 2 aromatic carbocycles. The molecule has 4 rings (SSSR count). The highest BCUT2D eigenvalue weighted by atomic mass is 32.2. The second-order valence-corrected chi connectivity index (χ2v) is 9.22. The van der Waals surface area contributed by atoms with E-state index in [1.165, 1.54) is 17.3 Å². The maximum Gasteiger partial charge on any atom is 0.234 e. The molecule has 0 saturated heterocycles. The number of thioether (sulfide) groups is 1. The lowest BCUT2D eigenvalue weighted by Crippen LogP contribution is -2.14. The molecule has 0 radical (unpaired) electrons. The number of carbonyl (C=O) groups excluding carboxylic acids is 1. The maximum absolute atomic E-state index is 12.5. The minimum absolute atomic E-state index is 0.0820. The van der Waals surface area contributed by atoms with Crippen molar-refractivity contribution in [3.63, 3.8) is 0 Å². The van der Waals surface area contributed by atoms with E-state index in [0.29, 0.717) is 0 Å². The second kappa shape index (κ2) is 9.49. The fourth-order valence-electron chi connectivity index (χ4n) is 3.12. The van der Waals surface area contributed by atoms with Crippen molar-refractivity contribution in [1.29, 1.82) is 0 Å². The summed E-state index contributed by atoms with van der Waals surface area (Å²) in [5.74, 6) is 0.966. The van der Waals surface area contributed by atoms with Crippen molar-refractivity contribution in [3.8, 4) is 16.9 Å². The van der Waals surface area contributed by atoms with Crippen molar-refractivity contribution in [2.75, 3.05) is 11.1 Å². The van der Waals surface area contributed by atoms with Crippen LogP contribution in [0.1, 0.15) is 19.4 Å². The monoisotopic (exact) mass is 449 g/mol. The molecule has 0 unspecified atom stereocenters. The van der Waals surface area contributed by atoms with E-state index in [4.69, 9.17) is 4.74 Å². The summed E-state index contributed by atoms with van der Waals surface area (Å²) in [5.41, 5.74) is 4.19. The van der Waals surface area contributed by atoms with Crippen LogP contribution in [0.15, 0.2) is 65.3 Å². The molecule has 4 aromatic rings. The maximum atomic E-state index is 12.5. The van der Waals surface area contributed by atoms with Gasteiger partial charge >= 0.3 is 0 Å². The number of hydrogen-bond donors (Lipinski definition) is 1. The fourth-order valence-corrected chi connectivity index (χ4v) is 4.92. The number of rotatable bonds is 7. The highest BCUT2D eigenvalue weighted by Crippen LogP contribution is 2.37. The zero-order valence-electron chi connectivity index (χ0n) is 17.6. The SMILES string of the molecule is Cc1ccc(-c2csc3ncnc(SCC(=O)Nc4ccc(OC(C)C)cc4)c23)cc1. The molecule has 158 valence electrons. The lowest BCUT2D eigenvalue weighted by Gasteiger charge is -2.10. The zero-order chi connectivity index (χ0) is 21.8. The molecule has 0 atom stereocenters. The van der Waals surface area contributed by atoms with Gasteiger partial charge in [-0.2, -0.15) is 0 Å². The molecule has 0 spiro atoms. The van der Waals surface area contributed by atoms with Gasteiger partial charge in [0.1, 0.15) is 21.9 Å². The minimum atomic E-state index is -0.0820. The predicted molar refractivity (Wildman–Crippen MR) is 129 cm³/mol. The fraction of sp³-hybridized carbons (Fsp3) is 0.208. The summed E-state index contributed by atoms with van der Waals surface area (Å²) in [6.07, 6.45) is 1.68. The molecule has 0 aliphatic carbocycles. The number of fused-ring (bicyclic) bond motifs is 1. The molecule has 0 aliphatic heterocycles. The number of thiophene rings is 1. The van der Waals surface area contributed by atoms with Crippen LogP contribution in [0.25, 0.3) is 21.3 Å². The first-order valence-electron chi connectivity index (χ1n) is 9.98.